The first kappa shape index (κ1) is 17.6. The van der Waals surface area contributed by atoms with Crippen LogP contribution in [0.25, 0.3) is 11.3 Å². The number of hydrogen-bond acceptors (Lipinski definition) is 5. The minimum Gasteiger partial charge on any atom is -0.311 e. The van der Waals surface area contributed by atoms with Gasteiger partial charge in [0.1, 0.15) is 0 Å². The van der Waals surface area contributed by atoms with Crippen LogP contribution in [0.1, 0.15) is 35.3 Å². The molecule has 0 bridgehead atoms. The lowest BCUT2D eigenvalue weighted by Crippen LogP contribution is -2.35. The highest BCUT2D eigenvalue weighted by atomic mass is 16.5. The number of hydrogen-bond donors (Lipinski definition) is 4. The predicted molar refractivity (Wildman–Crippen MR) is 95.3 cm³/mol. The van der Waals surface area contributed by atoms with Gasteiger partial charge in [-0.3, -0.25) is 15.1 Å². The molecule has 1 saturated heterocycles. The molecule has 7 nitrogen and oxygen atoms in total. The van der Waals surface area contributed by atoms with E-state index in [0.29, 0.717) is 0 Å². The average molecular weight is 343 g/mol. The molecule has 1 aliphatic heterocycles. The molecule has 0 aliphatic carbocycles. The molecule has 1 aromatic heterocycles. The SMILES string of the molecule is O=C(NO)c1cc(-c2cccc(CNCCN3CCCCC3)c2)[nH]n1. The summed E-state index contributed by atoms with van der Waals surface area (Å²) in [5.74, 6) is -0.627. The van der Waals surface area contributed by atoms with Crippen LogP contribution in [-0.2, 0) is 6.54 Å². The van der Waals surface area contributed by atoms with E-state index < -0.39 is 5.91 Å². The molecule has 0 atom stereocenters. The van der Waals surface area contributed by atoms with E-state index in [1.807, 2.05) is 12.1 Å². The minimum absolute atomic E-state index is 0.155. The Morgan fingerprint density at radius 3 is 2.88 bits per heavy atom. The maximum absolute atomic E-state index is 11.4. The highest BCUT2D eigenvalue weighted by molar-refractivity contribution is 5.92. The van der Waals surface area contributed by atoms with E-state index in [-0.39, 0.29) is 5.69 Å². The Labute approximate surface area is 147 Å². The quantitative estimate of drug-likeness (QED) is 0.349. The topological polar surface area (TPSA) is 93.3 Å². The summed E-state index contributed by atoms with van der Waals surface area (Å²) in [5, 5.41) is 18.9. The third-order valence-corrected chi connectivity index (χ3v) is 4.53. The second-order valence-electron chi connectivity index (χ2n) is 6.39. The average Bonchev–Trinajstić information content (AvgIpc) is 3.16. The molecule has 0 unspecified atom stereocenters. The van der Waals surface area contributed by atoms with E-state index >= 15 is 0 Å². The van der Waals surface area contributed by atoms with Gasteiger partial charge in [0.05, 0.1) is 5.69 Å². The number of aromatic amines is 1. The molecular formula is C18H25N5O2. The maximum atomic E-state index is 11.4. The fourth-order valence-corrected chi connectivity index (χ4v) is 3.14. The molecule has 2 heterocycles. The first-order chi connectivity index (χ1) is 12.3. The third kappa shape index (κ3) is 4.88. The van der Waals surface area contributed by atoms with Crippen LogP contribution in [-0.4, -0.2) is 52.4 Å². The Morgan fingerprint density at radius 1 is 1.24 bits per heavy atom. The summed E-state index contributed by atoms with van der Waals surface area (Å²) in [4.78, 5) is 13.9. The Bertz CT molecular complexity index is 694. The summed E-state index contributed by atoms with van der Waals surface area (Å²) in [6.45, 7) is 5.33. The number of amides is 1. The number of rotatable bonds is 7. The number of hydroxylamine groups is 1. The van der Waals surface area contributed by atoms with Crippen molar-refractivity contribution in [3.63, 3.8) is 0 Å². The van der Waals surface area contributed by atoms with Gasteiger partial charge < -0.3 is 10.2 Å². The predicted octanol–water partition coefficient (Wildman–Crippen LogP) is 1.77. The Morgan fingerprint density at radius 2 is 2.08 bits per heavy atom. The van der Waals surface area contributed by atoms with Gasteiger partial charge in [-0.1, -0.05) is 24.6 Å². The number of piperidine rings is 1. The van der Waals surface area contributed by atoms with Crippen molar-refractivity contribution < 1.29 is 10.0 Å². The largest absolute Gasteiger partial charge is 0.311 e. The van der Waals surface area contributed by atoms with Crippen molar-refractivity contribution in [2.24, 2.45) is 0 Å². The molecule has 0 spiro atoms. The van der Waals surface area contributed by atoms with Gasteiger partial charge in [0, 0.05) is 19.6 Å². The molecule has 0 saturated carbocycles. The zero-order valence-electron chi connectivity index (χ0n) is 14.3. The second-order valence-corrected chi connectivity index (χ2v) is 6.39. The fourth-order valence-electron chi connectivity index (χ4n) is 3.14. The zero-order valence-corrected chi connectivity index (χ0v) is 14.3. The summed E-state index contributed by atoms with van der Waals surface area (Å²) in [6, 6.07) is 9.72. The molecule has 1 aromatic carbocycles. The van der Waals surface area contributed by atoms with Crippen molar-refractivity contribution in [3.8, 4) is 11.3 Å². The van der Waals surface area contributed by atoms with Crippen LogP contribution < -0.4 is 10.8 Å². The van der Waals surface area contributed by atoms with E-state index in [2.05, 4.69) is 32.5 Å². The van der Waals surface area contributed by atoms with E-state index in [0.717, 1.165) is 30.9 Å². The highest BCUT2D eigenvalue weighted by Gasteiger charge is 2.11. The van der Waals surface area contributed by atoms with Crippen LogP contribution in [0.15, 0.2) is 30.3 Å². The maximum Gasteiger partial charge on any atom is 0.295 e. The lowest BCUT2D eigenvalue weighted by molar-refractivity contribution is 0.0700. The first-order valence-corrected chi connectivity index (χ1v) is 8.78. The van der Waals surface area contributed by atoms with E-state index in [1.165, 1.54) is 37.9 Å². The monoisotopic (exact) mass is 343 g/mol. The van der Waals surface area contributed by atoms with Crippen LogP contribution in [0.5, 0.6) is 0 Å². The van der Waals surface area contributed by atoms with Crippen LogP contribution in [0.2, 0.25) is 0 Å². The standard InChI is InChI=1S/C18H25N5O2/c24-18(22-25)17-12-16(20-21-17)15-6-4-5-14(11-15)13-19-7-10-23-8-2-1-3-9-23/h4-6,11-12,19,25H,1-3,7-10,13H2,(H,20,21)(H,22,24). The van der Waals surface area contributed by atoms with Gasteiger partial charge in [0.25, 0.3) is 5.91 Å². The summed E-state index contributed by atoms with van der Waals surface area (Å²) in [6.07, 6.45) is 4.01. The van der Waals surface area contributed by atoms with Gasteiger partial charge in [-0.05, 0) is 49.2 Å². The normalized spacial score (nSPS) is 15.2. The Balaban J connectivity index is 1.52. The van der Waals surface area contributed by atoms with E-state index in [4.69, 9.17) is 5.21 Å². The van der Waals surface area contributed by atoms with Crippen molar-refractivity contribution in [3.05, 3.63) is 41.6 Å². The number of nitrogens with one attached hydrogen (secondary N) is 3. The lowest BCUT2D eigenvalue weighted by atomic mass is 10.1. The van der Waals surface area contributed by atoms with Gasteiger partial charge in [0.15, 0.2) is 5.69 Å². The summed E-state index contributed by atoms with van der Waals surface area (Å²) in [5.41, 5.74) is 4.62. The number of carbonyl (C=O) groups is 1. The minimum atomic E-state index is -0.627. The van der Waals surface area contributed by atoms with Crippen molar-refractivity contribution >= 4 is 5.91 Å². The zero-order chi connectivity index (χ0) is 17.5. The Kier molecular flexibility index (Phi) is 6.16. The molecule has 2 aromatic rings. The number of likely N-dealkylation sites (tertiary alicyclic amines) is 1. The van der Waals surface area contributed by atoms with Gasteiger partial charge >= 0.3 is 0 Å². The number of benzene rings is 1. The summed E-state index contributed by atoms with van der Waals surface area (Å²) in [7, 11) is 0. The number of nitrogens with zero attached hydrogens (tertiary/aromatic N) is 2. The highest BCUT2D eigenvalue weighted by Crippen LogP contribution is 2.19. The number of carbonyl (C=O) groups excluding carboxylic acids is 1. The molecule has 0 radical (unpaired) electrons. The smallest absolute Gasteiger partial charge is 0.295 e. The molecule has 1 fully saturated rings. The third-order valence-electron chi connectivity index (χ3n) is 4.53. The van der Waals surface area contributed by atoms with Gasteiger partial charge in [-0.2, -0.15) is 5.10 Å². The first-order valence-electron chi connectivity index (χ1n) is 8.78. The summed E-state index contributed by atoms with van der Waals surface area (Å²) < 4.78 is 0. The van der Waals surface area contributed by atoms with E-state index in [9.17, 15) is 4.79 Å². The van der Waals surface area contributed by atoms with Crippen molar-refractivity contribution in [2.45, 2.75) is 25.8 Å². The van der Waals surface area contributed by atoms with Crippen LogP contribution >= 0.6 is 0 Å². The molecule has 3 rings (SSSR count). The van der Waals surface area contributed by atoms with Gasteiger partial charge in [-0.25, -0.2) is 5.48 Å². The van der Waals surface area contributed by atoms with Crippen molar-refractivity contribution in [1.82, 2.24) is 25.9 Å². The molecule has 1 amide bonds. The van der Waals surface area contributed by atoms with Crippen molar-refractivity contribution in [1.29, 1.82) is 0 Å². The second kappa shape index (κ2) is 8.75. The number of H-pyrrole nitrogens is 1. The van der Waals surface area contributed by atoms with Crippen LogP contribution in [0, 0.1) is 0 Å². The lowest BCUT2D eigenvalue weighted by Gasteiger charge is -2.26. The van der Waals surface area contributed by atoms with Gasteiger partial charge in [0.2, 0.25) is 0 Å². The van der Waals surface area contributed by atoms with Crippen LogP contribution in [0.3, 0.4) is 0 Å². The van der Waals surface area contributed by atoms with Gasteiger partial charge in [-0.15, -0.1) is 0 Å². The number of aromatic nitrogens is 2. The van der Waals surface area contributed by atoms with Crippen molar-refractivity contribution in [2.75, 3.05) is 26.2 Å². The molecule has 7 heteroatoms. The fraction of sp³-hybridized carbons (Fsp3) is 0.444. The van der Waals surface area contributed by atoms with E-state index in [1.54, 1.807) is 11.5 Å². The molecule has 134 valence electrons. The summed E-state index contributed by atoms with van der Waals surface area (Å²) >= 11 is 0. The molecule has 25 heavy (non-hydrogen) atoms. The Hall–Kier alpha value is -2.22. The van der Waals surface area contributed by atoms with Crippen LogP contribution in [0.4, 0.5) is 0 Å². The molecule has 4 N–H and O–H groups in total. The molecule has 1 aliphatic rings. The molecular weight excluding hydrogens is 318 g/mol.